The van der Waals surface area contributed by atoms with Gasteiger partial charge in [-0.05, 0) is 25.0 Å². The van der Waals surface area contributed by atoms with Crippen molar-refractivity contribution < 1.29 is 18.4 Å². The van der Waals surface area contributed by atoms with Crippen molar-refractivity contribution in [1.29, 1.82) is 0 Å². The van der Waals surface area contributed by atoms with E-state index in [0.717, 1.165) is 29.6 Å². The number of urea groups is 1. The van der Waals surface area contributed by atoms with E-state index >= 15 is 0 Å². The number of carbonyl (C=O) groups is 1. The van der Waals surface area contributed by atoms with Gasteiger partial charge in [0.15, 0.2) is 10.7 Å². The molecule has 0 bridgehead atoms. The number of carbonyl (C=O) groups excluding carboxylic acids is 1. The monoisotopic (exact) mass is 390 g/mol. The molecule has 3 heterocycles. The van der Waals surface area contributed by atoms with E-state index in [2.05, 4.69) is 15.5 Å². The normalized spacial score (nSPS) is 15.4. The van der Waals surface area contributed by atoms with Crippen LogP contribution < -0.4 is 5.32 Å². The Kier molecular flexibility index (Phi) is 5.04. The number of benzene rings is 1. The average molecular weight is 390 g/mol. The first kappa shape index (κ1) is 17.9. The lowest BCUT2D eigenvalue weighted by atomic mass is 9.92. The number of hydrogen-bond donors (Lipinski definition) is 1. The van der Waals surface area contributed by atoms with Crippen LogP contribution in [-0.4, -0.2) is 41.3 Å². The summed E-state index contributed by atoms with van der Waals surface area (Å²) in [5.41, 5.74) is 2.10. The molecule has 1 fully saturated rings. The third-order valence-electron chi connectivity index (χ3n) is 4.69. The Labute approximate surface area is 159 Å². The Morgan fingerprint density at radius 1 is 1.44 bits per heavy atom. The highest BCUT2D eigenvalue weighted by molar-refractivity contribution is 7.13. The topological polar surface area (TPSA) is 80.5 Å². The third-order valence-corrected chi connectivity index (χ3v) is 5.50. The molecule has 142 valence electrons. The van der Waals surface area contributed by atoms with Gasteiger partial charge in [-0.25, -0.2) is 14.2 Å². The molecule has 4 rings (SSSR count). The van der Waals surface area contributed by atoms with E-state index in [0.29, 0.717) is 30.4 Å². The van der Waals surface area contributed by atoms with Crippen molar-refractivity contribution in [2.45, 2.75) is 25.4 Å². The van der Waals surface area contributed by atoms with Crippen LogP contribution in [0.1, 0.15) is 30.1 Å². The van der Waals surface area contributed by atoms with Crippen molar-refractivity contribution in [3.05, 3.63) is 40.8 Å². The van der Waals surface area contributed by atoms with Crippen LogP contribution in [0.2, 0.25) is 0 Å². The fourth-order valence-corrected chi connectivity index (χ4v) is 4.01. The number of likely N-dealkylation sites (tertiary alicyclic amines) is 1. The molecule has 1 aliphatic rings. The smallest absolute Gasteiger partial charge is 0.323 e. The number of halogens is 1. The largest absolute Gasteiger partial charge is 0.378 e. The minimum Gasteiger partial charge on any atom is -0.378 e. The van der Waals surface area contributed by atoms with Crippen LogP contribution in [0.3, 0.4) is 0 Å². The lowest BCUT2D eigenvalue weighted by Crippen LogP contribution is -2.40. The maximum Gasteiger partial charge on any atom is 0.323 e. The lowest BCUT2D eigenvalue weighted by molar-refractivity contribution is 0.182. The van der Waals surface area contributed by atoms with Crippen molar-refractivity contribution in [3.8, 4) is 0 Å². The van der Waals surface area contributed by atoms with Gasteiger partial charge in [0.1, 0.15) is 5.82 Å². The van der Waals surface area contributed by atoms with Gasteiger partial charge in [-0.1, -0.05) is 5.16 Å². The molecule has 7 nitrogen and oxygen atoms in total. The van der Waals surface area contributed by atoms with Gasteiger partial charge in [0.25, 0.3) is 0 Å². The van der Waals surface area contributed by atoms with E-state index in [9.17, 15) is 9.18 Å². The van der Waals surface area contributed by atoms with Crippen molar-refractivity contribution >= 4 is 33.5 Å². The molecule has 9 heteroatoms. The lowest BCUT2D eigenvalue weighted by Gasteiger charge is -2.30. The Morgan fingerprint density at radius 2 is 2.26 bits per heavy atom. The molecule has 2 aromatic heterocycles. The number of rotatable bonds is 4. The molecule has 2 amide bonds. The van der Waals surface area contributed by atoms with Crippen molar-refractivity contribution in [2.75, 3.05) is 25.5 Å². The van der Waals surface area contributed by atoms with Gasteiger partial charge < -0.3 is 14.2 Å². The van der Waals surface area contributed by atoms with Crippen LogP contribution >= 0.6 is 11.3 Å². The summed E-state index contributed by atoms with van der Waals surface area (Å²) in [5, 5.41) is 10.2. The predicted molar refractivity (Wildman–Crippen MR) is 99.4 cm³/mol. The molecule has 0 atom stereocenters. The first-order chi connectivity index (χ1) is 13.1. The molecule has 0 spiro atoms. The Morgan fingerprint density at radius 3 is 3.04 bits per heavy atom. The molecule has 1 aromatic carbocycles. The number of fused-ring (bicyclic) bond motifs is 1. The van der Waals surface area contributed by atoms with Gasteiger partial charge in [-0.15, -0.1) is 11.3 Å². The van der Waals surface area contributed by atoms with Crippen molar-refractivity contribution in [1.82, 2.24) is 15.0 Å². The highest BCUT2D eigenvalue weighted by atomic mass is 32.1. The van der Waals surface area contributed by atoms with E-state index in [1.54, 1.807) is 18.1 Å². The zero-order valence-electron chi connectivity index (χ0n) is 14.8. The standard InChI is InChI=1S/C18H19FN4O3S/c1-25-9-13-10-27-17(20-13)21-18(24)23-6-4-11(5-7-23)16-14-3-2-12(19)8-15(14)26-22-16/h2-3,8,10-11H,4-7,9H2,1H3,(H,20,21,24). The van der Waals surface area contributed by atoms with E-state index in [1.165, 1.54) is 23.5 Å². The van der Waals surface area contributed by atoms with Crippen LogP contribution in [0.25, 0.3) is 11.0 Å². The molecular formula is C18H19FN4O3S. The predicted octanol–water partition coefficient (Wildman–Crippen LogP) is 3.98. The summed E-state index contributed by atoms with van der Waals surface area (Å²) in [6, 6.07) is 4.31. The van der Waals surface area contributed by atoms with E-state index in [1.807, 2.05) is 5.38 Å². The minimum atomic E-state index is -0.340. The highest BCUT2D eigenvalue weighted by Crippen LogP contribution is 2.33. The second-order valence-electron chi connectivity index (χ2n) is 6.48. The summed E-state index contributed by atoms with van der Waals surface area (Å²) in [4.78, 5) is 18.5. The van der Waals surface area contributed by atoms with E-state index in [4.69, 9.17) is 9.26 Å². The molecule has 3 aromatic rings. The summed E-state index contributed by atoms with van der Waals surface area (Å²) in [6.07, 6.45) is 1.55. The summed E-state index contributed by atoms with van der Waals surface area (Å²) in [6.45, 7) is 1.65. The Balaban J connectivity index is 1.37. The van der Waals surface area contributed by atoms with Crippen LogP contribution in [0.15, 0.2) is 28.1 Å². The van der Waals surface area contributed by atoms with Crippen LogP contribution in [0.4, 0.5) is 14.3 Å². The van der Waals surface area contributed by atoms with Crippen LogP contribution in [0.5, 0.6) is 0 Å². The molecule has 1 N–H and O–H groups in total. The zero-order valence-corrected chi connectivity index (χ0v) is 15.6. The molecule has 1 aliphatic heterocycles. The average Bonchev–Trinajstić information content (AvgIpc) is 3.28. The molecule has 0 radical (unpaired) electrons. The molecule has 0 saturated carbocycles. The molecule has 0 aliphatic carbocycles. The van der Waals surface area contributed by atoms with Gasteiger partial charge >= 0.3 is 6.03 Å². The summed E-state index contributed by atoms with van der Waals surface area (Å²) < 4.78 is 23.6. The SMILES string of the molecule is COCc1csc(NC(=O)N2CCC(c3noc4cc(F)ccc34)CC2)n1. The van der Waals surface area contributed by atoms with Crippen molar-refractivity contribution in [2.24, 2.45) is 0 Å². The van der Waals surface area contributed by atoms with Crippen LogP contribution in [-0.2, 0) is 11.3 Å². The number of thiazole rings is 1. The molecule has 27 heavy (non-hydrogen) atoms. The second kappa shape index (κ2) is 7.61. The quantitative estimate of drug-likeness (QED) is 0.729. The second-order valence-corrected chi connectivity index (χ2v) is 7.33. The Bertz CT molecular complexity index is 949. The first-order valence-electron chi connectivity index (χ1n) is 8.68. The molecular weight excluding hydrogens is 371 g/mol. The van der Waals surface area contributed by atoms with E-state index in [-0.39, 0.29) is 17.8 Å². The van der Waals surface area contributed by atoms with Gasteiger partial charge in [-0.2, -0.15) is 0 Å². The molecule has 1 saturated heterocycles. The third kappa shape index (κ3) is 3.79. The highest BCUT2D eigenvalue weighted by Gasteiger charge is 2.27. The first-order valence-corrected chi connectivity index (χ1v) is 9.56. The Hall–Kier alpha value is -2.52. The summed E-state index contributed by atoms with van der Waals surface area (Å²) >= 11 is 1.38. The number of ether oxygens (including phenoxy) is 1. The minimum absolute atomic E-state index is 0.154. The van der Waals surface area contributed by atoms with E-state index < -0.39 is 0 Å². The maximum atomic E-state index is 13.3. The van der Waals surface area contributed by atoms with Crippen molar-refractivity contribution in [3.63, 3.8) is 0 Å². The van der Waals surface area contributed by atoms with Gasteiger partial charge in [0.05, 0.1) is 18.0 Å². The number of piperidine rings is 1. The zero-order chi connectivity index (χ0) is 18.8. The number of amides is 2. The molecule has 0 unspecified atom stereocenters. The number of aromatic nitrogens is 2. The summed E-state index contributed by atoms with van der Waals surface area (Å²) in [5.74, 6) is -0.151. The van der Waals surface area contributed by atoms with Gasteiger partial charge in [0.2, 0.25) is 0 Å². The van der Waals surface area contributed by atoms with Gasteiger partial charge in [0, 0.05) is 42.9 Å². The fraction of sp³-hybridized carbons (Fsp3) is 0.389. The number of nitrogens with zero attached hydrogens (tertiary/aromatic N) is 3. The number of hydrogen-bond acceptors (Lipinski definition) is 6. The number of anilines is 1. The van der Waals surface area contributed by atoms with Crippen LogP contribution in [0, 0.1) is 5.82 Å². The number of nitrogens with one attached hydrogen (secondary N) is 1. The summed E-state index contributed by atoms with van der Waals surface area (Å²) in [7, 11) is 1.61. The van der Waals surface area contributed by atoms with Gasteiger partial charge in [-0.3, -0.25) is 5.32 Å². The fourth-order valence-electron chi connectivity index (χ4n) is 3.33. The maximum absolute atomic E-state index is 13.3. The number of methoxy groups -OCH3 is 1.